The standard InChI is InChI=1S/C11H11ClN2O/c1-6-7(2)15-11(14-6)8-3-4-9(12)10(13)5-8/h3-5H,13H2,1-2H3. The van der Waals surface area contributed by atoms with Crippen molar-refractivity contribution < 1.29 is 4.42 Å². The second-order valence-electron chi connectivity index (χ2n) is 3.40. The van der Waals surface area contributed by atoms with Gasteiger partial charge in [-0.3, -0.25) is 0 Å². The van der Waals surface area contributed by atoms with Gasteiger partial charge in [-0.05, 0) is 32.0 Å². The summed E-state index contributed by atoms with van der Waals surface area (Å²) in [4.78, 5) is 4.29. The number of oxazole rings is 1. The van der Waals surface area contributed by atoms with Crippen LogP contribution in [0.4, 0.5) is 5.69 Å². The van der Waals surface area contributed by atoms with E-state index in [2.05, 4.69) is 4.98 Å². The van der Waals surface area contributed by atoms with Gasteiger partial charge in [-0.25, -0.2) is 4.98 Å². The smallest absolute Gasteiger partial charge is 0.226 e. The Morgan fingerprint density at radius 3 is 2.60 bits per heavy atom. The number of halogens is 1. The number of hydrogen-bond acceptors (Lipinski definition) is 3. The second kappa shape index (κ2) is 3.59. The highest BCUT2D eigenvalue weighted by Gasteiger charge is 2.09. The van der Waals surface area contributed by atoms with E-state index in [1.54, 1.807) is 12.1 Å². The van der Waals surface area contributed by atoms with E-state index in [9.17, 15) is 0 Å². The summed E-state index contributed by atoms with van der Waals surface area (Å²) in [6.45, 7) is 3.78. The van der Waals surface area contributed by atoms with E-state index in [0.717, 1.165) is 17.0 Å². The summed E-state index contributed by atoms with van der Waals surface area (Å²) in [6.07, 6.45) is 0. The van der Waals surface area contributed by atoms with Gasteiger partial charge in [-0.2, -0.15) is 0 Å². The fourth-order valence-corrected chi connectivity index (χ4v) is 1.39. The van der Waals surface area contributed by atoms with Crippen LogP contribution in [0.3, 0.4) is 0 Å². The zero-order chi connectivity index (χ0) is 11.0. The normalized spacial score (nSPS) is 10.6. The van der Waals surface area contributed by atoms with E-state index >= 15 is 0 Å². The van der Waals surface area contributed by atoms with Crippen LogP contribution >= 0.6 is 11.6 Å². The summed E-state index contributed by atoms with van der Waals surface area (Å²) in [7, 11) is 0. The van der Waals surface area contributed by atoms with Gasteiger partial charge in [-0.1, -0.05) is 11.6 Å². The average Bonchev–Trinajstić information content (AvgIpc) is 2.52. The summed E-state index contributed by atoms with van der Waals surface area (Å²) >= 11 is 5.83. The van der Waals surface area contributed by atoms with Gasteiger partial charge in [0.1, 0.15) is 5.76 Å². The number of aryl methyl sites for hydroxylation is 2. The molecule has 0 saturated carbocycles. The van der Waals surface area contributed by atoms with E-state index in [4.69, 9.17) is 21.8 Å². The maximum Gasteiger partial charge on any atom is 0.226 e. The molecule has 78 valence electrons. The molecule has 1 aromatic carbocycles. The topological polar surface area (TPSA) is 52.0 Å². The molecule has 1 aromatic heterocycles. The summed E-state index contributed by atoms with van der Waals surface area (Å²) in [6, 6.07) is 5.33. The van der Waals surface area contributed by atoms with E-state index in [-0.39, 0.29) is 0 Å². The highest BCUT2D eigenvalue weighted by atomic mass is 35.5. The SMILES string of the molecule is Cc1nc(-c2ccc(Cl)c(N)c2)oc1C. The van der Waals surface area contributed by atoms with Crippen LogP contribution in [-0.2, 0) is 0 Å². The number of nitrogens with two attached hydrogens (primary N) is 1. The minimum absolute atomic E-state index is 0.530. The van der Waals surface area contributed by atoms with Crippen molar-refractivity contribution in [2.24, 2.45) is 0 Å². The molecule has 2 rings (SSSR count). The Balaban J connectivity index is 2.49. The lowest BCUT2D eigenvalue weighted by Crippen LogP contribution is -1.87. The van der Waals surface area contributed by atoms with Crippen LogP contribution in [0.2, 0.25) is 5.02 Å². The molecule has 0 aliphatic carbocycles. The summed E-state index contributed by atoms with van der Waals surface area (Å²) in [5.41, 5.74) is 7.96. The summed E-state index contributed by atoms with van der Waals surface area (Å²) in [5, 5.41) is 0.541. The minimum atomic E-state index is 0.530. The highest BCUT2D eigenvalue weighted by molar-refractivity contribution is 6.33. The fourth-order valence-electron chi connectivity index (χ4n) is 1.27. The number of hydrogen-bond donors (Lipinski definition) is 1. The molecular weight excluding hydrogens is 212 g/mol. The Bertz CT molecular complexity index is 486. The Kier molecular flexibility index (Phi) is 2.40. The van der Waals surface area contributed by atoms with Crippen LogP contribution in [0.15, 0.2) is 22.6 Å². The molecule has 0 aliphatic heterocycles. The third kappa shape index (κ3) is 1.83. The van der Waals surface area contributed by atoms with Gasteiger partial charge in [0.25, 0.3) is 0 Å². The molecule has 0 bridgehead atoms. The first-order valence-electron chi connectivity index (χ1n) is 4.57. The third-order valence-corrected chi connectivity index (χ3v) is 2.62. The van der Waals surface area contributed by atoms with Gasteiger partial charge < -0.3 is 10.2 Å². The van der Waals surface area contributed by atoms with Crippen molar-refractivity contribution in [1.82, 2.24) is 4.98 Å². The van der Waals surface area contributed by atoms with Gasteiger partial charge in [-0.15, -0.1) is 0 Å². The molecule has 2 N–H and O–H groups in total. The molecule has 0 saturated heterocycles. The van der Waals surface area contributed by atoms with E-state index < -0.39 is 0 Å². The molecule has 0 unspecified atom stereocenters. The van der Waals surface area contributed by atoms with Crippen LogP contribution in [0, 0.1) is 13.8 Å². The molecule has 0 aliphatic rings. The third-order valence-electron chi connectivity index (χ3n) is 2.27. The number of aromatic nitrogens is 1. The predicted molar refractivity (Wildman–Crippen MR) is 60.8 cm³/mol. The molecule has 4 heteroatoms. The first kappa shape index (κ1) is 10.1. The first-order chi connectivity index (χ1) is 7.08. The Morgan fingerprint density at radius 1 is 1.33 bits per heavy atom. The zero-order valence-corrected chi connectivity index (χ0v) is 9.30. The molecule has 2 aromatic rings. The van der Waals surface area contributed by atoms with Gasteiger partial charge in [0.2, 0.25) is 5.89 Å². The van der Waals surface area contributed by atoms with Crippen molar-refractivity contribution in [3.63, 3.8) is 0 Å². The molecule has 3 nitrogen and oxygen atoms in total. The highest BCUT2D eigenvalue weighted by Crippen LogP contribution is 2.27. The lowest BCUT2D eigenvalue weighted by atomic mass is 10.2. The van der Waals surface area contributed by atoms with Crippen LogP contribution < -0.4 is 5.73 Å². The number of nitrogen functional groups attached to an aromatic ring is 1. The van der Waals surface area contributed by atoms with Crippen LogP contribution in [0.1, 0.15) is 11.5 Å². The van der Waals surface area contributed by atoms with Crippen molar-refractivity contribution >= 4 is 17.3 Å². The Morgan fingerprint density at radius 2 is 2.07 bits per heavy atom. The Hall–Kier alpha value is -1.48. The second-order valence-corrected chi connectivity index (χ2v) is 3.80. The number of nitrogens with zero attached hydrogens (tertiary/aromatic N) is 1. The first-order valence-corrected chi connectivity index (χ1v) is 4.95. The minimum Gasteiger partial charge on any atom is -0.441 e. The molecule has 1 heterocycles. The summed E-state index contributed by atoms with van der Waals surface area (Å²) < 4.78 is 5.49. The summed E-state index contributed by atoms with van der Waals surface area (Å²) in [5.74, 6) is 1.40. The predicted octanol–water partition coefficient (Wildman–Crippen LogP) is 3.19. The van der Waals surface area contributed by atoms with Crippen molar-refractivity contribution in [1.29, 1.82) is 0 Å². The van der Waals surface area contributed by atoms with Crippen LogP contribution in [0.5, 0.6) is 0 Å². The van der Waals surface area contributed by atoms with Crippen molar-refractivity contribution in [2.45, 2.75) is 13.8 Å². The van der Waals surface area contributed by atoms with Gasteiger partial charge in [0.05, 0.1) is 16.4 Å². The number of anilines is 1. The zero-order valence-electron chi connectivity index (χ0n) is 8.54. The fraction of sp³-hybridized carbons (Fsp3) is 0.182. The maximum atomic E-state index is 5.83. The maximum absolute atomic E-state index is 5.83. The molecule has 0 radical (unpaired) electrons. The van der Waals surface area contributed by atoms with Crippen LogP contribution in [-0.4, -0.2) is 4.98 Å². The average molecular weight is 223 g/mol. The molecule has 0 spiro atoms. The number of benzene rings is 1. The van der Waals surface area contributed by atoms with Crippen LogP contribution in [0.25, 0.3) is 11.5 Å². The van der Waals surface area contributed by atoms with Gasteiger partial charge in [0.15, 0.2) is 0 Å². The van der Waals surface area contributed by atoms with Crippen molar-refractivity contribution in [3.05, 3.63) is 34.7 Å². The molecule has 15 heavy (non-hydrogen) atoms. The molecule has 0 fully saturated rings. The monoisotopic (exact) mass is 222 g/mol. The quantitative estimate of drug-likeness (QED) is 0.754. The molecule has 0 atom stereocenters. The molecular formula is C11H11ClN2O. The van der Waals surface area contributed by atoms with E-state index in [1.807, 2.05) is 19.9 Å². The Labute approximate surface area is 92.9 Å². The van der Waals surface area contributed by atoms with E-state index in [1.165, 1.54) is 0 Å². The largest absolute Gasteiger partial charge is 0.441 e. The molecule has 0 amide bonds. The lowest BCUT2D eigenvalue weighted by Gasteiger charge is -1.99. The number of rotatable bonds is 1. The van der Waals surface area contributed by atoms with Crippen molar-refractivity contribution in [2.75, 3.05) is 5.73 Å². The van der Waals surface area contributed by atoms with Crippen molar-refractivity contribution in [3.8, 4) is 11.5 Å². The van der Waals surface area contributed by atoms with Gasteiger partial charge >= 0.3 is 0 Å². The van der Waals surface area contributed by atoms with E-state index in [0.29, 0.717) is 16.6 Å². The van der Waals surface area contributed by atoms with Gasteiger partial charge in [0, 0.05) is 5.56 Å². The lowest BCUT2D eigenvalue weighted by molar-refractivity contribution is 0.541.